The van der Waals surface area contributed by atoms with Crippen molar-refractivity contribution >= 4 is 0 Å². The average Bonchev–Trinajstić information content (AvgIpc) is 2.99. The molecule has 5 nitrogen and oxygen atoms in total. The Kier molecular flexibility index (Phi) is 3.68. The Morgan fingerprint density at radius 1 is 1.58 bits per heavy atom. The number of aliphatic hydroxyl groups is 1. The van der Waals surface area contributed by atoms with Gasteiger partial charge in [0.05, 0.1) is 25.0 Å². The minimum Gasteiger partial charge on any atom is -0.486 e. The molecule has 3 heterocycles. The van der Waals surface area contributed by atoms with Crippen LogP contribution in [0.15, 0.2) is 24.5 Å². The maximum absolute atomic E-state index is 8.99. The largest absolute Gasteiger partial charge is 0.486 e. The van der Waals surface area contributed by atoms with Crippen molar-refractivity contribution in [1.29, 1.82) is 0 Å². The summed E-state index contributed by atoms with van der Waals surface area (Å²) in [6.07, 6.45) is 5.53. The zero-order valence-electron chi connectivity index (χ0n) is 11.0. The van der Waals surface area contributed by atoms with Crippen molar-refractivity contribution in [1.82, 2.24) is 9.88 Å². The van der Waals surface area contributed by atoms with Crippen LogP contribution in [0.1, 0.15) is 12.8 Å². The number of likely N-dealkylation sites (tertiary alicyclic amines) is 1. The molecular formula is C14H20N2O3. The summed E-state index contributed by atoms with van der Waals surface area (Å²) in [5.74, 6) is 0.804. The molecule has 0 aliphatic carbocycles. The van der Waals surface area contributed by atoms with E-state index in [9.17, 15) is 0 Å². The molecule has 104 valence electrons. The predicted octanol–water partition coefficient (Wildman–Crippen LogP) is 0.686. The number of β-amino-alcohol motifs (C(OH)–C–C–N with tert-alkyl or cyclic N) is 1. The van der Waals surface area contributed by atoms with Gasteiger partial charge in [0.1, 0.15) is 11.9 Å². The molecule has 2 atom stereocenters. The highest BCUT2D eigenvalue weighted by Crippen LogP contribution is 2.36. The second kappa shape index (κ2) is 5.45. The highest BCUT2D eigenvalue weighted by Gasteiger charge is 2.46. The summed E-state index contributed by atoms with van der Waals surface area (Å²) in [6.45, 7) is 3.49. The second-order valence-electron chi connectivity index (χ2n) is 5.38. The number of hydrogen-bond donors (Lipinski definition) is 1. The molecular weight excluding hydrogens is 244 g/mol. The molecule has 0 unspecified atom stereocenters. The summed E-state index contributed by atoms with van der Waals surface area (Å²) in [5, 5.41) is 8.99. The van der Waals surface area contributed by atoms with Gasteiger partial charge < -0.3 is 14.6 Å². The van der Waals surface area contributed by atoms with E-state index in [1.165, 1.54) is 0 Å². The first-order valence-corrected chi connectivity index (χ1v) is 6.84. The lowest BCUT2D eigenvalue weighted by Crippen LogP contribution is -2.34. The molecule has 0 bridgehead atoms. The van der Waals surface area contributed by atoms with E-state index in [2.05, 4.69) is 9.88 Å². The molecule has 3 rings (SSSR count). The first-order valence-electron chi connectivity index (χ1n) is 6.84. The topological polar surface area (TPSA) is 54.8 Å². The summed E-state index contributed by atoms with van der Waals surface area (Å²) >= 11 is 0. The van der Waals surface area contributed by atoms with Gasteiger partial charge in [0.15, 0.2) is 0 Å². The number of pyridine rings is 1. The average molecular weight is 264 g/mol. The Morgan fingerprint density at radius 3 is 3.32 bits per heavy atom. The molecule has 0 radical (unpaired) electrons. The van der Waals surface area contributed by atoms with Gasteiger partial charge in [0.25, 0.3) is 0 Å². The van der Waals surface area contributed by atoms with Crippen LogP contribution < -0.4 is 4.74 Å². The number of hydrogen-bond acceptors (Lipinski definition) is 5. The SMILES string of the molecule is OCCN1CC[C@]2(C[C@H](Oc3cccnc3)CO2)C1. The van der Waals surface area contributed by atoms with Gasteiger partial charge in [0, 0.05) is 32.3 Å². The van der Waals surface area contributed by atoms with Crippen molar-refractivity contribution in [3.63, 3.8) is 0 Å². The Balaban J connectivity index is 1.56. The minimum atomic E-state index is -0.0674. The van der Waals surface area contributed by atoms with Crippen LogP contribution in [0.5, 0.6) is 5.75 Å². The van der Waals surface area contributed by atoms with Crippen molar-refractivity contribution in [3.05, 3.63) is 24.5 Å². The Morgan fingerprint density at radius 2 is 2.53 bits per heavy atom. The molecule has 1 N–H and O–H groups in total. The van der Waals surface area contributed by atoms with E-state index in [4.69, 9.17) is 14.6 Å². The van der Waals surface area contributed by atoms with Crippen LogP contribution in [0.25, 0.3) is 0 Å². The molecule has 2 saturated heterocycles. The normalized spacial score (nSPS) is 31.1. The van der Waals surface area contributed by atoms with Crippen molar-refractivity contribution in [3.8, 4) is 5.75 Å². The van der Waals surface area contributed by atoms with Gasteiger partial charge >= 0.3 is 0 Å². The monoisotopic (exact) mass is 264 g/mol. The van der Waals surface area contributed by atoms with E-state index in [0.29, 0.717) is 6.61 Å². The molecule has 0 saturated carbocycles. The fraction of sp³-hybridized carbons (Fsp3) is 0.643. The fourth-order valence-corrected chi connectivity index (χ4v) is 3.03. The maximum atomic E-state index is 8.99. The molecule has 19 heavy (non-hydrogen) atoms. The Bertz CT molecular complexity index is 414. The van der Waals surface area contributed by atoms with Crippen LogP contribution in [0.4, 0.5) is 0 Å². The van der Waals surface area contributed by atoms with E-state index >= 15 is 0 Å². The van der Waals surface area contributed by atoms with Gasteiger partial charge in [-0.15, -0.1) is 0 Å². The van der Waals surface area contributed by atoms with Crippen molar-refractivity contribution in [2.24, 2.45) is 0 Å². The zero-order chi connectivity index (χ0) is 13.1. The molecule has 2 aliphatic heterocycles. The van der Waals surface area contributed by atoms with Crippen LogP contribution >= 0.6 is 0 Å². The molecule has 2 fully saturated rings. The van der Waals surface area contributed by atoms with E-state index in [-0.39, 0.29) is 18.3 Å². The van der Waals surface area contributed by atoms with Crippen molar-refractivity contribution in [2.75, 3.05) is 32.8 Å². The fourth-order valence-electron chi connectivity index (χ4n) is 3.03. The molecule has 0 aromatic carbocycles. The summed E-state index contributed by atoms with van der Waals surface area (Å²) in [7, 11) is 0. The summed E-state index contributed by atoms with van der Waals surface area (Å²) in [6, 6.07) is 3.80. The summed E-state index contributed by atoms with van der Waals surface area (Å²) in [5.41, 5.74) is -0.0674. The molecule has 0 amide bonds. The lowest BCUT2D eigenvalue weighted by molar-refractivity contribution is 0.00896. The number of ether oxygens (including phenoxy) is 2. The van der Waals surface area contributed by atoms with Crippen molar-refractivity contribution in [2.45, 2.75) is 24.5 Å². The zero-order valence-corrected chi connectivity index (χ0v) is 11.0. The third kappa shape index (κ3) is 2.88. The quantitative estimate of drug-likeness (QED) is 0.867. The lowest BCUT2D eigenvalue weighted by Gasteiger charge is -2.23. The second-order valence-corrected chi connectivity index (χ2v) is 5.38. The van der Waals surface area contributed by atoms with Gasteiger partial charge in [-0.3, -0.25) is 9.88 Å². The van der Waals surface area contributed by atoms with E-state index < -0.39 is 0 Å². The third-order valence-electron chi connectivity index (χ3n) is 3.92. The standard InChI is InChI=1S/C14H20N2O3/c17-7-6-16-5-3-14(11-16)8-13(10-18-14)19-12-2-1-4-15-9-12/h1-2,4,9,13,17H,3,5-8,10-11H2/t13-,14-/m0/s1. The van der Waals surface area contributed by atoms with Gasteiger partial charge in [-0.25, -0.2) is 0 Å². The van der Waals surface area contributed by atoms with Crippen LogP contribution in [0.2, 0.25) is 0 Å². The third-order valence-corrected chi connectivity index (χ3v) is 3.92. The van der Waals surface area contributed by atoms with Gasteiger partial charge in [0.2, 0.25) is 0 Å². The van der Waals surface area contributed by atoms with Crippen LogP contribution in [0, 0.1) is 0 Å². The number of rotatable bonds is 4. The highest BCUT2D eigenvalue weighted by molar-refractivity contribution is 5.16. The minimum absolute atomic E-state index is 0.0674. The van der Waals surface area contributed by atoms with Gasteiger partial charge in [-0.1, -0.05) is 0 Å². The molecule has 5 heteroatoms. The van der Waals surface area contributed by atoms with E-state index in [1.54, 1.807) is 12.4 Å². The number of aromatic nitrogens is 1. The molecule has 1 aromatic heterocycles. The number of nitrogens with zero attached hydrogens (tertiary/aromatic N) is 2. The summed E-state index contributed by atoms with van der Waals surface area (Å²) < 4.78 is 11.9. The smallest absolute Gasteiger partial charge is 0.138 e. The Labute approximate surface area is 113 Å². The summed E-state index contributed by atoms with van der Waals surface area (Å²) in [4.78, 5) is 6.31. The van der Waals surface area contributed by atoms with Crippen LogP contribution in [0.3, 0.4) is 0 Å². The lowest BCUT2D eigenvalue weighted by atomic mass is 9.98. The maximum Gasteiger partial charge on any atom is 0.138 e. The molecule has 2 aliphatic rings. The molecule has 1 spiro atoms. The van der Waals surface area contributed by atoms with Crippen molar-refractivity contribution < 1.29 is 14.6 Å². The van der Waals surface area contributed by atoms with Crippen LogP contribution in [-0.2, 0) is 4.74 Å². The first-order chi connectivity index (χ1) is 9.30. The van der Waals surface area contributed by atoms with E-state index in [1.807, 2.05) is 12.1 Å². The first kappa shape index (κ1) is 12.8. The number of aliphatic hydroxyl groups excluding tert-OH is 1. The predicted molar refractivity (Wildman–Crippen MR) is 70.1 cm³/mol. The van der Waals surface area contributed by atoms with E-state index in [0.717, 1.165) is 38.2 Å². The van der Waals surface area contributed by atoms with Gasteiger partial charge in [-0.2, -0.15) is 0 Å². The molecule has 1 aromatic rings. The van der Waals surface area contributed by atoms with Gasteiger partial charge in [-0.05, 0) is 18.6 Å². The Hall–Kier alpha value is -1.17. The van der Waals surface area contributed by atoms with Crippen LogP contribution in [-0.4, -0.2) is 59.5 Å². The highest BCUT2D eigenvalue weighted by atomic mass is 16.6.